The van der Waals surface area contributed by atoms with Crippen LogP contribution in [0.2, 0.25) is 0 Å². The summed E-state index contributed by atoms with van der Waals surface area (Å²) in [5, 5.41) is 4.11. The van der Waals surface area contributed by atoms with Gasteiger partial charge in [-0.25, -0.2) is 0 Å². The van der Waals surface area contributed by atoms with E-state index in [4.69, 9.17) is 0 Å². The topological polar surface area (TPSA) is 38.1 Å². The van der Waals surface area contributed by atoms with E-state index < -0.39 is 0 Å². The van der Waals surface area contributed by atoms with Crippen molar-refractivity contribution in [3.05, 3.63) is 16.0 Å². The monoisotopic (exact) mass is 319 g/mol. The molecular formula is C10H14IN3O. The first-order chi connectivity index (χ1) is 7.25. The molecule has 1 saturated heterocycles. The van der Waals surface area contributed by atoms with Gasteiger partial charge in [0.2, 0.25) is 5.91 Å². The number of likely N-dealkylation sites (tertiary alicyclic amines) is 1. The molecule has 2 heterocycles. The van der Waals surface area contributed by atoms with Crippen molar-refractivity contribution < 1.29 is 4.79 Å². The summed E-state index contributed by atoms with van der Waals surface area (Å²) in [6.45, 7) is 2.21. The lowest BCUT2D eigenvalue weighted by Gasteiger charge is -2.26. The molecule has 1 aromatic rings. The van der Waals surface area contributed by atoms with Gasteiger partial charge in [0.05, 0.1) is 9.77 Å². The van der Waals surface area contributed by atoms with Gasteiger partial charge in [0, 0.05) is 19.3 Å². The number of nitrogens with zero attached hydrogens (tertiary/aromatic N) is 3. The van der Waals surface area contributed by atoms with Gasteiger partial charge in [0.1, 0.15) is 6.54 Å². The number of amides is 1. The number of carbonyl (C=O) groups is 1. The molecule has 1 aliphatic heterocycles. The van der Waals surface area contributed by atoms with Gasteiger partial charge in [-0.15, -0.1) is 0 Å². The van der Waals surface area contributed by atoms with E-state index in [9.17, 15) is 4.79 Å². The highest BCUT2D eigenvalue weighted by atomic mass is 127. The molecule has 0 atom stereocenters. The third-order valence-electron chi connectivity index (χ3n) is 2.61. The fourth-order valence-corrected chi connectivity index (χ4v) is 2.25. The molecule has 0 saturated carbocycles. The number of hydrogen-bond acceptors (Lipinski definition) is 2. The van der Waals surface area contributed by atoms with Gasteiger partial charge in [0.15, 0.2) is 0 Å². The summed E-state index contributed by atoms with van der Waals surface area (Å²) in [5.74, 6) is 0.189. The van der Waals surface area contributed by atoms with E-state index in [1.165, 1.54) is 6.42 Å². The second kappa shape index (κ2) is 4.96. The van der Waals surface area contributed by atoms with E-state index >= 15 is 0 Å². The molecule has 0 radical (unpaired) electrons. The average molecular weight is 319 g/mol. The van der Waals surface area contributed by atoms with Crippen LogP contribution in [0.3, 0.4) is 0 Å². The molecule has 1 amide bonds. The minimum Gasteiger partial charge on any atom is -0.341 e. The highest BCUT2D eigenvalue weighted by Gasteiger charge is 2.16. The van der Waals surface area contributed by atoms with Crippen molar-refractivity contribution in [2.75, 3.05) is 13.1 Å². The Hall–Kier alpha value is -0.590. The van der Waals surface area contributed by atoms with E-state index in [2.05, 4.69) is 27.7 Å². The van der Waals surface area contributed by atoms with Crippen LogP contribution in [0.4, 0.5) is 0 Å². The first-order valence-electron chi connectivity index (χ1n) is 5.21. The fourth-order valence-electron chi connectivity index (χ4n) is 1.81. The largest absolute Gasteiger partial charge is 0.341 e. The zero-order valence-corrected chi connectivity index (χ0v) is 10.7. The number of hydrogen-bond donors (Lipinski definition) is 0. The lowest BCUT2D eigenvalue weighted by molar-refractivity contribution is -0.132. The molecule has 0 aromatic carbocycles. The molecule has 1 aromatic heterocycles. The quantitative estimate of drug-likeness (QED) is 0.775. The number of carbonyl (C=O) groups excluding carboxylic acids is 1. The first kappa shape index (κ1) is 10.9. The summed E-state index contributed by atoms with van der Waals surface area (Å²) < 4.78 is 2.78. The lowest BCUT2D eigenvalue weighted by atomic mass is 10.1. The molecule has 82 valence electrons. The van der Waals surface area contributed by atoms with E-state index in [-0.39, 0.29) is 5.91 Å². The van der Waals surface area contributed by atoms with Crippen LogP contribution < -0.4 is 0 Å². The maximum absolute atomic E-state index is 11.8. The Kier molecular flexibility index (Phi) is 3.61. The summed E-state index contributed by atoms with van der Waals surface area (Å²) in [4.78, 5) is 13.8. The molecule has 5 heteroatoms. The minimum absolute atomic E-state index is 0.189. The molecule has 1 fully saturated rings. The molecule has 0 N–H and O–H groups in total. The Morgan fingerprint density at radius 3 is 2.73 bits per heavy atom. The molecule has 1 aliphatic rings. The molecule has 2 rings (SSSR count). The second-order valence-electron chi connectivity index (χ2n) is 3.80. The van der Waals surface area contributed by atoms with Crippen LogP contribution in [0.25, 0.3) is 0 Å². The van der Waals surface area contributed by atoms with Gasteiger partial charge in [-0.3, -0.25) is 9.48 Å². The van der Waals surface area contributed by atoms with Crippen molar-refractivity contribution in [2.24, 2.45) is 0 Å². The maximum Gasteiger partial charge on any atom is 0.244 e. The summed E-state index contributed by atoms with van der Waals surface area (Å²) in [7, 11) is 0. The zero-order chi connectivity index (χ0) is 10.7. The standard InChI is InChI=1S/C10H14IN3O/c11-9-6-12-14(7-9)8-10(15)13-4-2-1-3-5-13/h6-7H,1-5,8H2. The van der Waals surface area contributed by atoms with Crippen molar-refractivity contribution in [2.45, 2.75) is 25.8 Å². The highest BCUT2D eigenvalue weighted by Crippen LogP contribution is 2.09. The van der Waals surface area contributed by atoms with E-state index in [1.807, 2.05) is 11.1 Å². The SMILES string of the molecule is O=C(Cn1cc(I)cn1)N1CCCCC1. The molecule has 0 spiro atoms. The predicted octanol–water partition coefficient (Wildman–Crippen LogP) is 1.50. The summed E-state index contributed by atoms with van der Waals surface area (Å²) in [6.07, 6.45) is 7.20. The minimum atomic E-state index is 0.189. The normalized spacial score (nSPS) is 16.7. The molecular weight excluding hydrogens is 305 g/mol. The highest BCUT2D eigenvalue weighted by molar-refractivity contribution is 14.1. The molecule has 0 bridgehead atoms. The number of rotatable bonds is 2. The van der Waals surface area contributed by atoms with Crippen LogP contribution in [-0.2, 0) is 11.3 Å². The van der Waals surface area contributed by atoms with Crippen molar-refractivity contribution in [1.82, 2.24) is 14.7 Å². The summed E-state index contributed by atoms with van der Waals surface area (Å²) in [5.41, 5.74) is 0. The van der Waals surface area contributed by atoms with E-state index in [1.54, 1.807) is 10.9 Å². The van der Waals surface area contributed by atoms with Crippen LogP contribution in [0.15, 0.2) is 12.4 Å². The Bertz CT molecular complexity index is 344. The van der Waals surface area contributed by atoms with Gasteiger partial charge < -0.3 is 4.90 Å². The van der Waals surface area contributed by atoms with Crippen LogP contribution in [0, 0.1) is 3.57 Å². The third kappa shape index (κ3) is 2.93. The average Bonchev–Trinajstić information content (AvgIpc) is 2.65. The number of piperidine rings is 1. The Morgan fingerprint density at radius 1 is 1.40 bits per heavy atom. The smallest absolute Gasteiger partial charge is 0.244 e. The van der Waals surface area contributed by atoms with Gasteiger partial charge in [-0.2, -0.15) is 5.10 Å². The van der Waals surface area contributed by atoms with Gasteiger partial charge in [-0.1, -0.05) is 0 Å². The van der Waals surface area contributed by atoms with Crippen molar-refractivity contribution >= 4 is 28.5 Å². The number of halogens is 1. The van der Waals surface area contributed by atoms with Gasteiger partial charge in [0.25, 0.3) is 0 Å². The molecule has 0 unspecified atom stereocenters. The van der Waals surface area contributed by atoms with Crippen LogP contribution >= 0.6 is 22.6 Å². The fraction of sp³-hybridized carbons (Fsp3) is 0.600. The molecule has 0 aliphatic carbocycles. The van der Waals surface area contributed by atoms with E-state index in [0.29, 0.717) is 6.54 Å². The summed E-state index contributed by atoms with van der Waals surface area (Å²) in [6, 6.07) is 0. The Morgan fingerprint density at radius 2 is 2.13 bits per heavy atom. The van der Waals surface area contributed by atoms with Crippen LogP contribution in [-0.4, -0.2) is 33.7 Å². The van der Waals surface area contributed by atoms with Crippen molar-refractivity contribution in [3.63, 3.8) is 0 Å². The van der Waals surface area contributed by atoms with Gasteiger partial charge >= 0.3 is 0 Å². The second-order valence-corrected chi connectivity index (χ2v) is 5.04. The third-order valence-corrected chi connectivity index (χ3v) is 3.16. The van der Waals surface area contributed by atoms with Gasteiger partial charge in [-0.05, 0) is 41.9 Å². The number of aromatic nitrogens is 2. The Labute approximate surface area is 103 Å². The van der Waals surface area contributed by atoms with Crippen molar-refractivity contribution in [1.29, 1.82) is 0 Å². The maximum atomic E-state index is 11.8. The zero-order valence-electron chi connectivity index (χ0n) is 8.53. The molecule has 4 nitrogen and oxygen atoms in total. The van der Waals surface area contributed by atoms with Crippen LogP contribution in [0.1, 0.15) is 19.3 Å². The first-order valence-corrected chi connectivity index (χ1v) is 6.29. The Balaban J connectivity index is 1.91. The van der Waals surface area contributed by atoms with Crippen molar-refractivity contribution in [3.8, 4) is 0 Å². The van der Waals surface area contributed by atoms with Crippen LogP contribution in [0.5, 0.6) is 0 Å². The summed E-state index contributed by atoms with van der Waals surface area (Å²) >= 11 is 2.19. The molecule has 15 heavy (non-hydrogen) atoms. The van der Waals surface area contributed by atoms with E-state index in [0.717, 1.165) is 29.5 Å². The lowest BCUT2D eigenvalue weighted by Crippen LogP contribution is -2.37. The predicted molar refractivity (Wildman–Crippen MR) is 65.4 cm³/mol.